The van der Waals surface area contributed by atoms with Gasteiger partial charge in [0, 0.05) is 15.7 Å². The SMILES string of the molecule is COC(=O)[C@H](C)NP(=O)(Cl)Oc1ccc(Br)cc1. The van der Waals surface area contributed by atoms with Gasteiger partial charge in [-0.2, -0.15) is 0 Å². The van der Waals surface area contributed by atoms with E-state index in [1.807, 2.05) is 0 Å². The van der Waals surface area contributed by atoms with E-state index in [1.54, 1.807) is 24.3 Å². The smallest absolute Gasteiger partial charge is 0.409 e. The quantitative estimate of drug-likeness (QED) is 0.647. The fraction of sp³-hybridized carbons (Fsp3) is 0.300. The Hall–Kier alpha value is -0.550. The minimum atomic E-state index is -3.65. The fourth-order valence-electron chi connectivity index (χ4n) is 1.12. The summed E-state index contributed by atoms with van der Waals surface area (Å²) in [5.41, 5.74) is 0. The van der Waals surface area contributed by atoms with Crippen molar-refractivity contribution in [3.63, 3.8) is 0 Å². The van der Waals surface area contributed by atoms with Gasteiger partial charge in [0.05, 0.1) is 7.11 Å². The van der Waals surface area contributed by atoms with Gasteiger partial charge in [-0.3, -0.25) is 4.79 Å². The van der Waals surface area contributed by atoms with Crippen molar-refractivity contribution < 1.29 is 18.6 Å². The molecule has 0 aliphatic carbocycles. The molecule has 2 atom stereocenters. The van der Waals surface area contributed by atoms with Gasteiger partial charge in [-0.25, -0.2) is 9.65 Å². The Kier molecular flexibility index (Phi) is 5.66. The molecule has 0 saturated heterocycles. The molecule has 5 nitrogen and oxygen atoms in total. The predicted octanol–water partition coefficient (Wildman–Crippen LogP) is 3.33. The third-order valence-corrected chi connectivity index (χ3v) is 4.11. The first-order valence-electron chi connectivity index (χ1n) is 4.94. The lowest BCUT2D eigenvalue weighted by Crippen LogP contribution is -2.32. The van der Waals surface area contributed by atoms with Crippen LogP contribution in [0.4, 0.5) is 0 Å². The van der Waals surface area contributed by atoms with Crippen molar-refractivity contribution in [3.8, 4) is 5.75 Å². The maximum absolute atomic E-state index is 11.9. The van der Waals surface area contributed by atoms with Crippen molar-refractivity contribution in [2.24, 2.45) is 0 Å². The van der Waals surface area contributed by atoms with Crippen LogP contribution in [0.15, 0.2) is 28.7 Å². The Balaban J connectivity index is 2.67. The predicted molar refractivity (Wildman–Crippen MR) is 72.8 cm³/mol. The minimum absolute atomic E-state index is 0.334. The lowest BCUT2D eigenvalue weighted by atomic mass is 10.3. The van der Waals surface area contributed by atoms with E-state index in [1.165, 1.54) is 14.0 Å². The van der Waals surface area contributed by atoms with E-state index < -0.39 is 18.9 Å². The molecule has 1 rings (SSSR count). The van der Waals surface area contributed by atoms with Crippen LogP contribution in [0.5, 0.6) is 5.75 Å². The van der Waals surface area contributed by atoms with Crippen LogP contribution in [0.25, 0.3) is 0 Å². The van der Waals surface area contributed by atoms with Crippen LogP contribution in [0.3, 0.4) is 0 Å². The highest BCUT2D eigenvalue weighted by Crippen LogP contribution is 2.48. The number of carbonyl (C=O) groups excluding carboxylic acids is 1. The standard InChI is InChI=1S/C10H12BrClNO4P/c1-7(10(14)16-2)13-18(12,15)17-9-5-3-8(11)4-6-9/h3-7H,1-2H3,(H,13,15)/t7-,18?/m0/s1. The molecule has 0 aromatic heterocycles. The lowest BCUT2D eigenvalue weighted by molar-refractivity contribution is -0.142. The van der Waals surface area contributed by atoms with Crippen LogP contribution >= 0.6 is 34.0 Å². The van der Waals surface area contributed by atoms with E-state index >= 15 is 0 Å². The van der Waals surface area contributed by atoms with Crippen LogP contribution in [0, 0.1) is 0 Å². The van der Waals surface area contributed by atoms with Gasteiger partial charge in [0.25, 0.3) is 0 Å². The zero-order chi connectivity index (χ0) is 13.8. The van der Waals surface area contributed by atoms with Crippen molar-refractivity contribution in [1.82, 2.24) is 5.09 Å². The van der Waals surface area contributed by atoms with Gasteiger partial charge in [0.1, 0.15) is 11.8 Å². The van der Waals surface area contributed by atoms with Crippen molar-refractivity contribution in [2.45, 2.75) is 13.0 Å². The molecule has 8 heteroatoms. The van der Waals surface area contributed by atoms with E-state index in [0.717, 1.165) is 4.47 Å². The molecular formula is C10H12BrClNO4P. The van der Waals surface area contributed by atoms with E-state index in [-0.39, 0.29) is 0 Å². The number of rotatable bonds is 5. The monoisotopic (exact) mass is 355 g/mol. The molecule has 1 unspecified atom stereocenters. The van der Waals surface area contributed by atoms with Crippen molar-refractivity contribution in [1.29, 1.82) is 0 Å². The fourth-order valence-corrected chi connectivity index (χ4v) is 3.07. The van der Waals surface area contributed by atoms with Gasteiger partial charge in [0.15, 0.2) is 0 Å². The van der Waals surface area contributed by atoms with Gasteiger partial charge >= 0.3 is 12.8 Å². The number of hydrogen-bond acceptors (Lipinski definition) is 4. The highest BCUT2D eigenvalue weighted by molar-refractivity contribution is 9.10. The topological polar surface area (TPSA) is 64.6 Å². The molecule has 1 aromatic carbocycles. The number of esters is 1. The lowest BCUT2D eigenvalue weighted by Gasteiger charge is -2.17. The molecule has 0 radical (unpaired) electrons. The second-order valence-corrected chi connectivity index (χ2v) is 7.05. The summed E-state index contributed by atoms with van der Waals surface area (Å²) in [6.45, 7) is -2.17. The van der Waals surface area contributed by atoms with E-state index in [9.17, 15) is 9.36 Å². The molecular weight excluding hydrogens is 344 g/mol. The molecule has 0 bridgehead atoms. The average molecular weight is 357 g/mol. The van der Waals surface area contributed by atoms with Crippen LogP contribution in [0.2, 0.25) is 0 Å². The molecule has 0 amide bonds. The molecule has 1 aromatic rings. The molecule has 0 heterocycles. The Morgan fingerprint density at radius 3 is 2.50 bits per heavy atom. The van der Waals surface area contributed by atoms with Gasteiger partial charge in [0.2, 0.25) is 0 Å². The first-order valence-corrected chi connectivity index (χ1v) is 8.27. The maximum atomic E-state index is 11.9. The number of benzene rings is 1. The molecule has 0 spiro atoms. The average Bonchev–Trinajstić information content (AvgIpc) is 2.30. The van der Waals surface area contributed by atoms with E-state index in [0.29, 0.717) is 5.75 Å². The Bertz CT molecular complexity index is 467. The minimum Gasteiger partial charge on any atom is -0.468 e. The summed E-state index contributed by atoms with van der Waals surface area (Å²) in [7, 11) is 1.23. The Labute approximate surface area is 118 Å². The number of hydrogen-bond donors (Lipinski definition) is 1. The van der Waals surface area contributed by atoms with Crippen molar-refractivity contribution in [3.05, 3.63) is 28.7 Å². The summed E-state index contributed by atoms with van der Waals surface area (Å²) in [4.78, 5) is 11.2. The summed E-state index contributed by atoms with van der Waals surface area (Å²) < 4.78 is 22.4. The molecule has 0 fully saturated rings. The zero-order valence-electron chi connectivity index (χ0n) is 9.72. The van der Waals surface area contributed by atoms with Crippen LogP contribution in [-0.2, 0) is 14.1 Å². The number of methoxy groups -OCH3 is 1. The number of nitrogens with one attached hydrogen (secondary N) is 1. The number of halogens is 2. The van der Waals surface area contributed by atoms with Crippen molar-refractivity contribution >= 4 is 40.0 Å². The number of ether oxygens (including phenoxy) is 1. The highest BCUT2D eigenvalue weighted by Gasteiger charge is 2.27. The Morgan fingerprint density at radius 2 is 2.00 bits per heavy atom. The first kappa shape index (κ1) is 15.5. The summed E-state index contributed by atoms with van der Waals surface area (Å²) in [6, 6.07) is 5.81. The molecule has 0 saturated carbocycles. The van der Waals surface area contributed by atoms with Gasteiger partial charge in [-0.1, -0.05) is 15.9 Å². The van der Waals surface area contributed by atoms with E-state index in [2.05, 4.69) is 25.8 Å². The van der Waals surface area contributed by atoms with Crippen LogP contribution in [-0.4, -0.2) is 19.1 Å². The first-order chi connectivity index (χ1) is 8.34. The molecule has 1 N–H and O–H groups in total. The third kappa shape index (κ3) is 4.98. The summed E-state index contributed by atoms with van der Waals surface area (Å²) in [5, 5.41) is 2.38. The van der Waals surface area contributed by atoms with Crippen LogP contribution < -0.4 is 9.61 Å². The second kappa shape index (κ2) is 6.57. The van der Waals surface area contributed by atoms with Crippen LogP contribution in [0.1, 0.15) is 6.92 Å². The normalized spacial score (nSPS) is 15.6. The molecule has 0 aliphatic rings. The summed E-state index contributed by atoms with van der Waals surface area (Å²) >= 11 is 8.97. The second-order valence-electron chi connectivity index (χ2n) is 3.40. The summed E-state index contributed by atoms with van der Waals surface area (Å²) in [5.74, 6) is -0.239. The van der Waals surface area contributed by atoms with Gasteiger partial charge < -0.3 is 9.26 Å². The highest BCUT2D eigenvalue weighted by atomic mass is 79.9. The Morgan fingerprint density at radius 1 is 1.44 bits per heavy atom. The molecule has 0 aliphatic heterocycles. The maximum Gasteiger partial charge on any atom is 0.409 e. The molecule has 100 valence electrons. The third-order valence-electron chi connectivity index (χ3n) is 1.94. The molecule has 18 heavy (non-hydrogen) atoms. The van der Waals surface area contributed by atoms with E-state index in [4.69, 9.17) is 15.8 Å². The van der Waals surface area contributed by atoms with Gasteiger partial charge in [-0.15, -0.1) is 0 Å². The summed E-state index contributed by atoms with van der Waals surface area (Å²) in [6.07, 6.45) is 0. The zero-order valence-corrected chi connectivity index (χ0v) is 13.0. The number of carbonyl (C=O) groups is 1. The van der Waals surface area contributed by atoms with Gasteiger partial charge in [-0.05, 0) is 31.2 Å². The van der Waals surface area contributed by atoms with Crippen molar-refractivity contribution in [2.75, 3.05) is 7.11 Å². The largest absolute Gasteiger partial charge is 0.468 e.